The summed E-state index contributed by atoms with van der Waals surface area (Å²) in [5, 5.41) is 7.65. The van der Waals surface area contributed by atoms with Gasteiger partial charge in [-0.25, -0.2) is 9.18 Å². The van der Waals surface area contributed by atoms with Gasteiger partial charge >= 0.3 is 23.1 Å². The van der Waals surface area contributed by atoms with E-state index in [0.29, 0.717) is 12.8 Å². The van der Waals surface area contributed by atoms with Gasteiger partial charge in [-0.15, -0.1) is 0 Å². The van der Waals surface area contributed by atoms with Crippen LogP contribution in [0, 0.1) is 17.8 Å². The van der Waals surface area contributed by atoms with E-state index in [1.807, 2.05) is 0 Å². The van der Waals surface area contributed by atoms with Gasteiger partial charge in [-0.1, -0.05) is 0 Å². The van der Waals surface area contributed by atoms with E-state index in [1.165, 1.54) is 0 Å². The minimum Gasteiger partial charge on any atom is -0.691 e. The van der Waals surface area contributed by atoms with Gasteiger partial charge in [-0.2, -0.15) is 17.5 Å². The molecule has 0 aromatic heterocycles. The summed E-state index contributed by atoms with van der Waals surface area (Å²) in [6, 6.07) is 0. The van der Waals surface area contributed by atoms with E-state index >= 15 is 0 Å². The third-order valence-electron chi connectivity index (χ3n) is 4.46. The maximum absolute atomic E-state index is 14.0. The highest BCUT2D eigenvalue weighted by Crippen LogP contribution is 2.56. The topological polar surface area (TPSA) is 94.1 Å². The first kappa shape index (κ1) is 16.7. The summed E-state index contributed by atoms with van der Waals surface area (Å²) in [5.74, 6) is -3.72. The number of carbonyl (C=O) groups excluding carboxylic acids is 2. The quantitative estimate of drug-likeness (QED) is 0.231. The second-order valence-corrected chi connectivity index (χ2v) is 6.45. The summed E-state index contributed by atoms with van der Waals surface area (Å²) in [4.78, 5) is 23.2. The Labute approximate surface area is 130 Å². The monoisotopic (exact) mass is 361 g/mol. The third kappa shape index (κ3) is 2.47. The first-order chi connectivity index (χ1) is 10.7. The first-order valence-electron chi connectivity index (χ1n) is 6.50. The zero-order chi connectivity index (χ0) is 17.0. The van der Waals surface area contributed by atoms with Crippen LogP contribution in [0.2, 0.25) is 0 Å². The molecule has 0 N–H and O–H groups in total. The van der Waals surface area contributed by atoms with Crippen molar-refractivity contribution in [2.24, 2.45) is 17.8 Å². The highest BCUT2D eigenvalue weighted by atomic mass is 32.2. The van der Waals surface area contributed by atoms with Crippen molar-refractivity contribution in [3.05, 3.63) is 0 Å². The number of hydrogen-bond donors (Lipinski definition) is 0. The lowest BCUT2D eigenvalue weighted by molar-refractivity contribution is -0.777. The maximum Gasteiger partial charge on any atom is 0.446 e. The van der Waals surface area contributed by atoms with Gasteiger partial charge in [0.2, 0.25) is 0 Å². The molecular weight excluding hydrogens is 352 g/mol. The minimum atomic E-state index is -5.71. The van der Waals surface area contributed by atoms with Crippen LogP contribution in [0.25, 0.3) is 0 Å². The number of halogens is 4. The number of esters is 2. The van der Waals surface area contributed by atoms with E-state index < -0.39 is 47.4 Å². The van der Waals surface area contributed by atoms with E-state index in [1.54, 1.807) is 0 Å². The van der Waals surface area contributed by atoms with Crippen LogP contribution in [0.15, 0.2) is 0 Å². The molecule has 2 bridgehead atoms. The molecule has 0 aromatic carbocycles. The zero-order valence-corrected chi connectivity index (χ0v) is 11.9. The van der Waals surface area contributed by atoms with Crippen LogP contribution in [-0.2, 0) is 28.4 Å². The summed E-state index contributed by atoms with van der Waals surface area (Å²) in [6.45, 7) is 0. The lowest BCUT2D eigenvalue weighted by Gasteiger charge is -2.29. The smallest absolute Gasteiger partial charge is 0.446 e. The van der Waals surface area contributed by atoms with E-state index in [4.69, 9.17) is 4.74 Å². The molecule has 2 saturated carbocycles. The van der Waals surface area contributed by atoms with Gasteiger partial charge in [-0.05, 0) is 12.8 Å². The van der Waals surface area contributed by atoms with Gasteiger partial charge in [0, 0.05) is 11.8 Å². The van der Waals surface area contributed by atoms with Crippen molar-refractivity contribution in [1.82, 2.24) is 0 Å². The molecule has 23 heavy (non-hydrogen) atoms. The van der Waals surface area contributed by atoms with E-state index in [9.17, 15) is 32.4 Å². The molecule has 1 heterocycles. The molecular formula is C11H9F4O7S-. The summed E-state index contributed by atoms with van der Waals surface area (Å²) in [6.07, 6.45) is -6.95. The van der Waals surface area contributed by atoms with Crippen molar-refractivity contribution in [2.75, 3.05) is 0 Å². The van der Waals surface area contributed by atoms with Crippen LogP contribution in [0.3, 0.4) is 0 Å². The Balaban J connectivity index is 1.74. The number of ether oxygens (including phenoxy) is 2. The number of alkyl halides is 4. The normalized spacial score (nSPS) is 37.6. The Kier molecular flexibility index (Phi) is 3.98. The first-order valence-corrected chi connectivity index (χ1v) is 7.24. The molecule has 0 aromatic rings. The van der Waals surface area contributed by atoms with Crippen LogP contribution in [0.1, 0.15) is 12.8 Å². The van der Waals surface area contributed by atoms with Crippen molar-refractivity contribution in [3.63, 3.8) is 0 Å². The summed E-state index contributed by atoms with van der Waals surface area (Å²) >= 11 is -1.15. The van der Waals surface area contributed by atoms with Crippen LogP contribution < -0.4 is 5.26 Å². The van der Waals surface area contributed by atoms with E-state index in [-0.39, 0.29) is 17.8 Å². The average Bonchev–Trinajstić information content (AvgIpc) is 3.08. The van der Waals surface area contributed by atoms with Crippen LogP contribution >= 0.6 is 12.0 Å². The van der Waals surface area contributed by atoms with E-state index in [0.717, 1.165) is 0 Å². The standard InChI is InChI=1S/C11H10F4O7S/c12-10(11(13,14)15,23-22-21-18)9(17)20-6-3-1-4-5(2-3)8(16)19-7(4)6/h3-7,18H,1-2H2/p-1. The fourth-order valence-corrected chi connectivity index (χ4v) is 3.85. The molecule has 6 unspecified atom stereocenters. The molecule has 7 nitrogen and oxygen atoms in total. The van der Waals surface area contributed by atoms with Gasteiger partial charge in [0.05, 0.1) is 18.0 Å². The van der Waals surface area contributed by atoms with E-state index in [2.05, 4.69) is 14.1 Å². The summed E-state index contributed by atoms with van der Waals surface area (Å²) in [7, 11) is 0. The summed E-state index contributed by atoms with van der Waals surface area (Å²) < 4.78 is 65.3. The van der Waals surface area contributed by atoms with Crippen LogP contribution in [-0.4, -0.2) is 35.3 Å². The molecule has 1 saturated heterocycles. The molecule has 3 fully saturated rings. The van der Waals surface area contributed by atoms with Crippen LogP contribution in [0.5, 0.6) is 0 Å². The molecule has 3 rings (SSSR count). The lowest BCUT2D eigenvalue weighted by atomic mass is 9.88. The fourth-order valence-electron chi connectivity index (χ4n) is 3.52. The predicted molar refractivity (Wildman–Crippen MR) is 59.1 cm³/mol. The Morgan fingerprint density at radius 1 is 1.30 bits per heavy atom. The molecule has 0 amide bonds. The van der Waals surface area contributed by atoms with Crippen molar-refractivity contribution < 1.29 is 51.3 Å². The fraction of sp³-hybridized carbons (Fsp3) is 0.818. The highest BCUT2D eigenvalue weighted by molar-refractivity contribution is 7.96. The second-order valence-electron chi connectivity index (χ2n) is 5.59. The molecule has 12 heteroatoms. The molecule has 130 valence electrons. The van der Waals surface area contributed by atoms with Crippen molar-refractivity contribution >= 4 is 24.0 Å². The third-order valence-corrected chi connectivity index (χ3v) is 5.21. The molecule has 2 aliphatic carbocycles. The molecule has 0 spiro atoms. The van der Waals surface area contributed by atoms with Crippen molar-refractivity contribution in [1.29, 1.82) is 0 Å². The average molecular weight is 361 g/mol. The molecule has 6 atom stereocenters. The predicted octanol–water partition coefficient (Wildman–Crippen LogP) is 0.579. The zero-order valence-electron chi connectivity index (χ0n) is 11.1. The lowest BCUT2D eigenvalue weighted by Crippen LogP contribution is -2.49. The van der Waals surface area contributed by atoms with Gasteiger partial charge in [0.25, 0.3) is 0 Å². The summed E-state index contributed by atoms with van der Waals surface area (Å²) in [5.41, 5.74) is 0. The SMILES string of the molecule is O=C1OC2C3CC(CC13)C2OC(=O)C(F)(SOO[O-])C(F)(F)F. The van der Waals surface area contributed by atoms with Gasteiger partial charge < -0.3 is 14.7 Å². The number of fused-ring (bicyclic) bond motifs is 1. The second kappa shape index (κ2) is 5.46. The number of hydrogen-bond acceptors (Lipinski definition) is 8. The maximum atomic E-state index is 14.0. The largest absolute Gasteiger partial charge is 0.691 e. The number of carbonyl (C=O) groups is 2. The van der Waals surface area contributed by atoms with Gasteiger partial charge in [0.15, 0.2) is 0 Å². The van der Waals surface area contributed by atoms with Gasteiger partial charge in [-0.3, -0.25) is 9.83 Å². The Bertz CT molecular complexity index is 529. The Morgan fingerprint density at radius 2 is 2.00 bits per heavy atom. The highest BCUT2D eigenvalue weighted by Gasteiger charge is 2.69. The Morgan fingerprint density at radius 3 is 2.61 bits per heavy atom. The minimum absolute atomic E-state index is 0.237. The van der Waals surface area contributed by atoms with Gasteiger partial charge in [0.1, 0.15) is 12.2 Å². The Hall–Kier alpha value is -1.11. The number of rotatable bonds is 5. The van der Waals surface area contributed by atoms with Crippen molar-refractivity contribution in [2.45, 2.75) is 36.2 Å². The van der Waals surface area contributed by atoms with Crippen LogP contribution in [0.4, 0.5) is 17.6 Å². The molecule has 3 aliphatic rings. The molecule has 1 aliphatic heterocycles. The molecule has 0 radical (unpaired) electrons. The van der Waals surface area contributed by atoms with Crippen molar-refractivity contribution in [3.8, 4) is 0 Å².